The summed E-state index contributed by atoms with van der Waals surface area (Å²) in [5.74, 6) is -0.121. The Morgan fingerprint density at radius 3 is 2.74 bits per heavy atom. The first-order valence-corrected chi connectivity index (χ1v) is 12.4. The molecule has 2 aromatic carbocycles. The van der Waals surface area contributed by atoms with Crippen molar-refractivity contribution < 1.29 is 13.2 Å². The van der Waals surface area contributed by atoms with Crippen LogP contribution in [0.2, 0.25) is 0 Å². The Morgan fingerprint density at radius 2 is 1.94 bits per heavy atom. The number of amides is 1. The van der Waals surface area contributed by atoms with Crippen molar-refractivity contribution in [1.29, 1.82) is 0 Å². The summed E-state index contributed by atoms with van der Waals surface area (Å²) in [7, 11) is -3.61. The normalized spacial score (nSPS) is 16.8. The van der Waals surface area contributed by atoms with Gasteiger partial charge in [-0.15, -0.1) is 11.3 Å². The van der Waals surface area contributed by atoms with Crippen LogP contribution in [-0.2, 0) is 27.8 Å². The monoisotopic (exact) mass is 454 g/mol. The third-order valence-corrected chi connectivity index (χ3v) is 8.53. The molecular weight excluding hydrogens is 432 g/mol. The van der Waals surface area contributed by atoms with E-state index in [0.29, 0.717) is 43.1 Å². The SMILES string of the molecule is O=C(NCc1nc2c(S(=O)(=O)N3CCNCC3)cccc2s1)C1=Cc2ccccc2C1. The zero-order valence-electron chi connectivity index (χ0n) is 16.8. The second kappa shape index (κ2) is 8.16. The van der Waals surface area contributed by atoms with Gasteiger partial charge in [0.05, 0.1) is 11.2 Å². The smallest absolute Gasteiger partial charge is 0.247 e. The van der Waals surface area contributed by atoms with Crippen LogP contribution in [0, 0.1) is 0 Å². The molecule has 0 radical (unpaired) electrons. The fourth-order valence-electron chi connectivity index (χ4n) is 3.97. The van der Waals surface area contributed by atoms with Gasteiger partial charge in [0.1, 0.15) is 15.4 Å². The minimum atomic E-state index is -3.61. The number of carbonyl (C=O) groups is 1. The maximum Gasteiger partial charge on any atom is 0.247 e. The van der Waals surface area contributed by atoms with E-state index in [1.54, 1.807) is 12.1 Å². The van der Waals surface area contributed by atoms with E-state index in [2.05, 4.69) is 15.6 Å². The van der Waals surface area contributed by atoms with Gasteiger partial charge in [-0.1, -0.05) is 30.3 Å². The minimum absolute atomic E-state index is 0.121. The minimum Gasteiger partial charge on any atom is -0.346 e. The Hall–Kier alpha value is -2.59. The molecule has 3 aromatic rings. The molecule has 160 valence electrons. The number of aromatic nitrogens is 1. The van der Waals surface area contributed by atoms with E-state index in [1.165, 1.54) is 15.6 Å². The predicted octanol–water partition coefficient (Wildman–Crippen LogP) is 2.15. The second-order valence-electron chi connectivity index (χ2n) is 7.59. The fourth-order valence-corrected chi connectivity index (χ4v) is 6.56. The first-order chi connectivity index (χ1) is 15.0. The lowest BCUT2D eigenvalue weighted by Gasteiger charge is -2.26. The summed E-state index contributed by atoms with van der Waals surface area (Å²) in [5.41, 5.74) is 3.43. The van der Waals surface area contributed by atoms with Crippen LogP contribution in [0.3, 0.4) is 0 Å². The quantitative estimate of drug-likeness (QED) is 0.616. The van der Waals surface area contributed by atoms with Crippen molar-refractivity contribution in [2.75, 3.05) is 26.2 Å². The van der Waals surface area contributed by atoms with Gasteiger partial charge in [-0.25, -0.2) is 13.4 Å². The molecule has 0 saturated carbocycles. The van der Waals surface area contributed by atoms with Gasteiger partial charge in [0.15, 0.2) is 0 Å². The number of hydrogen-bond donors (Lipinski definition) is 2. The van der Waals surface area contributed by atoms with E-state index in [1.807, 2.05) is 36.4 Å². The number of benzene rings is 2. The second-order valence-corrected chi connectivity index (χ2v) is 10.6. The summed E-state index contributed by atoms with van der Waals surface area (Å²) in [6, 6.07) is 13.2. The highest BCUT2D eigenvalue weighted by Crippen LogP contribution is 2.30. The predicted molar refractivity (Wildman–Crippen MR) is 121 cm³/mol. The van der Waals surface area contributed by atoms with Gasteiger partial charge in [0.2, 0.25) is 15.9 Å². The Bertz CT molecular complexity index is 1290. The maximum absolute atomic E-state index is 13.1. The van der Waals surface area contributed by atoms with Gasteiger partial charge in [0.25, 0.3) is 0 Å². The molecule has 1 aromatic heterocycles. The summed E-state index contributed by atoms with van der Waals surface area (Å²) in [4.78, 5) is 17.4. The topological polar surface area (TPSA) is 91.4 Å². The Labute approximate surface area is 184 Å². The van der Waals surface area contributed by atoms with Crippen molar-refractivity contribution in [3.05, 3.63) is 64.2 Å². The Morgan fingerprint density at radius 1 is 1.13 bits per heavy atom. The van der Waals surface area contributed by atoms with E-state index in [9.17, 15) is 13.2 Å². The van der Waals surface area contributed by atoms with Crippen molar-refractivity contribution in [2.24, 2.45) is 0 Å². The molecule has 31 heavy (non-hydrogen) atoms. The van der Waals surface area contributed by atoms with E-state index in [-0.39, 0.29) is 17.3 Å². The van der Waals surface area contributed by atoms with Crippen molar-refractivity contribution >= 4 is 43.6 Å². The molecule has 9 heteroatoms. The van der Waals surface area contributed by atoms with E-state index >= 15 is 0 Å². The van der Waals surface area contributed by atoms with Gasteiger partial charge in [-0.2, -0.15) is 4.31 Å². The van der Waals surface area contributed by atoms with Crippen LogP contribution in [0.25, 0.3) is 16.3 Å². The lowest BCUT2D eigenvalue weighted by molar-refractivity contribution is -0.117. The van der Waals surface area contributed by atoms with Crippen LogP contribution >= 0.6 is 11.3 Å². The molecule has 1 aliphatic carbocycles. The highest BCUT2D eigenvalue weighted by molar-refractivity contribution is 7.89. The van der Waals surface area contributed by atoms with E-state index < -0.39 is 10.0 Å². The van der Waals surface area contributed by atoms with Crippen LogP contribution < -0.4 is 10.6 Å². The average Bonchev–Trinajstić information content (AvgIpc) is 3.41. The third kappa shape index (κ3) is 3.89. The molecule has 0 atom stereocenters. The lowest BCUT2D eigenvalue weighted by Crippen LogP contribution is -2.46. The third-order valence-electron chi connectivity index (χ3n) is 5.58. The molecule has 5 rings (SSSR count). The van der Waals surface area contributed by atoms with Crippen LogP contribution in [0.5, 0.6) is 0 Å². The number of sulfonamides is 1. The molecule has 0 spiro atoms. The highest BCUT2D eigenvalue weighted by Gasteiger charge is 2.28. The van der Waals surface area contributed by atoms with Gasteiger partial charge >= 0.3 is 0 Å². The lowest BCUT2D eigenvalue weighted by atomic mass is 10.1. The molecule has 2 heterocycles. The number of thiazole rings is 1. The Balaban J connectivity index is 1.34. The van der Waals surface area contributed by atoms with Crippen LogP contribution in [0.1, 0.15) is 16.1 Å². The van der Waals surface area contributed by atoms with Gasteiger partial charge in [-0.05, 0) is 29.3 Å². The number of hydrogen-bond acceptors (Lipinski definition) is 6. The van der Waals surface area contributed by atoms with Crippen molar-refractivity contribution in [3.8, 4) is 0 Å². The summed E-state index contributed by atoms with van der Waals surface area (Å²) < 4.78 is 28.6. The standard InChI is InChI=1S/C22H22N4O3S2/c27-22(17-12-15-4-1-2-5-16(15)13-17)24-14-20-25-21-18(30-20)6-3-7-19(21)31(28,29)26-10-8-23-9-11-26/h1-7,12,23H,8-11,13-14H2,(H,24,27). The fraction of sp³-hybridized carbons (Fsp3) is 0.273. The largest absolute Gasteiger partial charge is 0.346 e. The molecule has 2 N–H and O–H groups in total. The number of piperazine rings is 1. The summed E-state index contributed by atoms with van der Waals surface area (Å²) in [6.45, 7) is 2.44. The Kier molecular flexibility index (Phi) is 5.35. The molecular formula is C22H22N4O3S2. The average molecular weight is 455 g/mol. The number of fused-ring (bicyclic) bond motifs is 2. The van der Waals surface area contributed by atoms with Crippen LogP contribution in [0.15, 0.2) is 52.9 Å². The zero-order chi connectivity index (χ0) is 21.4. The first kappa shape index (κ1) is 20.3. The summed E-state index contributed by atoms with van der Waals surface area (Å²) >= 11 is 1.41. The van der Waals surface area contributed by atoms with Crippen molar-refractivity contribution in [3.63, 3.8) is 0 Å². The van der Waals surface area contributed by atoms with Gasteiger partial charge < -0.3 is 10.6 Å². The number of nitrogens with one attached hydrogen (secondary N) is 2. The van der Waals surface area contributed by atoms with Crippen molar-refractivity contribution in [2.45, 2.75) is 17.9 Å². The molecule has 0 unspecified atom stereocenters. The molecule has 2 aliphatic rings. The molecule has 1 amide bonds. The number of para-hydroxylation sites is 1. The molecule has 7 nitrogen and oxygen atoms in total. The van der Waals surface area contributed by atoms with E-state index in [0.717, 1.165) is 21.4 Å². The summed E-state index contributed by atoms with van der Waals surface area (Å²) in [6.07, 6.45) is 2.54. The van der Waals surface area contributed by atoms with Crippen LogP contribution in [-0.4, -0.2) is 49.8 Å². The van der Waals surface area contributed by atoms with Crippen LogP contribution in [0.4, 0.5) is 0 Å². The van der Waals surface area contributed by atoms with E-state index in [4.69, 9.17) is 0 Å². The molecule has 1 aliphatic heterocycles. The molecule has 0 bridgehead atoms. The number of carbonyl (C=O) groups excluding carboxylic acids is 1. The zero-order valence-corrected chi connectivity index (χ0v) is 18.4. The van der Waals surface area contributed by atoms with Gasteiger partial charge in [0, 0.05) is 38.2 Å². The van der Waals surface area contributed by atoms with Crippen molar-refractivity contribution in [1.82, 2.24) is 19.9 Å². The number of rotatable bonds is 5. The first-order valence-electron chi connectivity index (χ1n) is 10.2. The maximum atomic E-state index is 13.1. The number of nitrogens with zero attached hydrogens (tertiary/aromatic N) is 2. The summed E-state index contributed by atoms with van der Waals surface area (Å²) in [5, 5.41) is 6.79. The van der Waals surface area contributed by atoms with Gasteiger partial charge in [-0.3, -0.25) is 4.79 Å². The highest BCUT2D eigenvalue weighted by atomic mass is 32.2. The molecule has 1 fully saturated rings. The molecule has 1 saturated heterocycles.